The Hall–Kier alpha value is -3.35. The quantitative estimate of drug-likeness (QED) is 0.568. The van der Waals surface area contributed by atoms with Crippen molar-refractivity contribution in [3.8, 4) is 0 Å². The average Bonchev–Trinajstić information content (AvgIpc) is 3.26. The van der Waals surface area contributed by atoms with E-state index >= 15 is 0 Å². The first-order valence-electron chi connectivity index (χ1n) is 12.6. The fourth-order valence-corrected chi connectivity index (χ4v) is 5.21. The second-order valence-electron chi connectivity index (χ2n) is 9.67. The number of benzene rings is 2. The molecule has 2 N–H and O–H groups in total. The van der Waals surface area contributed by atoms with E-state index in [1.807, 2.05) is 54.3 Å². The predicted molar refractivity (Wildman–Crippen MR) is 135 cm³/mol. The lowest BCUT2D eigenvalue weighted by Crippen LogP contribution is -2.54. The van der Waals surface area contributed by atoms with Gasteiger partial charge in [-0.05, 0) is 62.4 Å². The second kappa shape index (κ2) is 10.9. The van der Waals surface area contributed by atoms with Crippen LogP contribution >= 0.6 is 0 Å². The number of urea groups is 1. The van der Waals surface area contributed by atoms with E-state index in [9.17, 15) is 14.4 Å². The molecule has 186 valence electrons. The molecule has 2 aromatic rings. The van der Waals surface area contributed by atoms with E-state index in [1.54, 1.807) is 6.92 Å². The van der Waals surface area contributed by atoms with Gasteiger partial charge in [-0.1, -0.05) is 49.1 Å². The van der Waals surface area contributed by atoms with Crippen molar-refractivity contribution in [1.29, 1.82) is 0 Å². The number of esters is 1. The van der Waals surface area contributed by atoms with Crippen LogP contribution in [0.1, 0.15) is 72.5 Å². The molecular formula is C28H35N3O4. The van der Waals surface area contributed by atoms with Crippen molar-refractivity contribution in [2.45, 2.75) is 70.9 Å². The minimum Gasteiger partial charge on any atom is -0.466 e. The van der Waals surface area contributed by atoms with Crippen LogP contribution in [0, 0.1) is 6.92 Å². The second-order valence-corrected chi connectivity index (χ2v) is 9.67. The van der Waals surface area contributed by atoms with E-state index in [0.717, 1.165) is 60.9 Å². The fraction of sp³-hybridized carbons (Fsp3) is 0.464. The van der Waals surface area contributed by atoms with Gasteiger partial charge in [0.2, 0.25) is 0 Å². The van der Waals surface area contributed by atoms with Crippen molar-refractivity contribution in [3.63, 3.8) is 0 Å². The molecule has 0 radical (unpaired) electrons. The number of hydrogen-bond donors (Lipinski definition) is 2. The lowest BCUT2D eigenvalue weighted by Gasteiger charge is -2.37. The Morgan fingerprint density at radius 1 is 1.06 bits per heavy atom. The Morgan fingerprint density at radius 3 is 2.60 bits per heavy atom. The lowest BCUT2D eigenvalue weighted by atomic mass is 9.79. The molecule has 1 heterocycles. The zero-order chi connectivity index (χ0) is 24.8. The number of nitrogens with one attached hydrogen (secondary N) is 2. The number of fused-ring (bicyclic) bond motifs is 1. The van der Waals surface area contributed by atoms with Crippen LogP contribution in [-0.4, -0.2) is 36.6 Å². The highest BCUT2D eigenvalue weighted by atomic mass is 16.5. The molecule has 1 aliphatic heterocycles. The molecule has 7 heteroatoms. The molecule has 1 aliphatic carbocycles. The number of ether oxygens (including phenoxy) is 1. The maximum absolute atomic E-state index is 13.1. The molecule has 2 aromatic carbocycles. The van der Waals surface area contributed by atoms with E-state index in [-0.39, 0.29) is 24.3 Å². The van der Waals surface area contributed by atoms with Gasteiger partial charge in [-0.15, -0.1) is 0 Å². The molecule has 1 saturated carbocycles. The molecule has 7 nitrogen and oxygen atoms in total. The van der Waals surface area contributed by atoms with Crippen molar-refractivity contribution >= 4 is 23.6 Å². The standard InChI is InChI=1S/C28H35N3O4/c1-3-35-25(32)18-28(13-5-4-6-14-28)30-27(34)29-19-21-10-11-22-12-15-31(24(22)17-21)26(33)23-9-7-8-20(2)16-23/h7-11,16-17H,3-6,12-15,18-19H2,1-2H3,(H2,29,30,34). The maximum atomic E-state index is 13.1. The zero-order valence-electron chi connectivity index (χ0n) is 20.7. The van der Waals surface area contributed by atoms with Crippen molar-refractivity contribution in [3.05, 3.63) is 64.7 Å². The van der Waals surface area contributed by atoms with Crippen molar-refractivity contribution < 1.29 is 19.1 Å². The zero-order valence-corrected chi connectivity index (χ0v) is 20.7. The van der Waals surface area contributed by atoms with E-state index in [2.05, 4.69) is 10.6 Å². The molecule has 0 unspecified atom stereocenters. The number of rotatable bonds is 7. The fourth-order valence-electron chi connectivity index (χ4n) is 5.21. The Morgan fingerprint density at radius 2 is 1.86 bits per heavy atom. The van der Waals surface area contributed by atoms with E-state index in [0.29, 0.717) is 25.3 Å². The summed E-state index contributed by atoms with van der Waals surface area (Å²) < 4.78 is 5.15. The summed E-state index contributed by atoms with van der Waals surface area (Å²) in [6.07, 6.45) is 5.63. The van der Waals surface area contributed by atoms with Crippen LogP contribution < -0.4 is 15.5 Å². The number of carbonyl (C=O) groups is 3. The van der Waals surface area contributed by atoms with Crippen LogP contribution in [0.5, 0.6) is 0 Å². The van der Waals surface area contributed by atoms with Gasteiger partial charge in [0.15, 0.2) is 0 Å². The highest BCUT2D eigenvalue weighted by Gasteiger charge is 2.36. The monoisotopic (exact) mass is 477 g/mol. The third-order valence-corrected chi connectivity index (χ3v) is 6.99. The first-order chi connectivity index (χ1) is 16.9. The summed E-state index contributed by atoms with van der Waals surface area (Å²) in [4.78, 5) is 39.9. The van der Waals surface area contributed by atoms with Gasteiger partial charge in [0.1, 0.15) is 0 Å². The molecule has 0 bridgehead atoms. The summed E-state index contributed by atoms with van der Waals surface area (Å²) in [5.74, 6) is -0.278. The van der Waals surface area contributed by atoms with Gasteiger partial charge in [-0.2, -0.15) is 0 Å². The number of amides is 3. The molecule has 4 rings (SSSR count). The van der Waals surface area contributed by atoms with Crippen LogP contribution in [0.15, 0.2) is 42.5 Å². The Labute approximate surface area is 207 Å². The number of nitrogens with zero attached hydrogens (tertiary/aromatic N) is 1. The van der Waals surface area contributed by atoms with Gasteiger partial charge in [0.25, 0.3) is 5.91 Å². The third kappa shape index (κ3) is 6.02. The van der Waals surface area contributed by atoms with Gasteiger partial charge in [0, 0.05) is 24.3 Å². The van der Waals surface area contributed by atoms with Gasteiger partial charge < -0.3 is 20.3 Å². The van der Waals surface area contributed by atoms with E-state index in [4.69, 9.17) is 4.74 Å². The highest BCUT2D eigenvalue weighted by molar-refractivity contribution is 6.07. The summed E-state index contributed by atoms with van der Waals surface area (Å²) in [7, 11) is 0. The minimum atomic E-state index is -0.552. The van der Waals surface area contributed by atoms with Crippen molar-refractivity contribution in [1.82, 2.24) is 10.6 Å². The van der Waals surface area contributed by atoms with Gasteiger partial charge in [0.05, 0.1) is 18.6 Å². The van der Waals surface area contributed by atoms with Crippen molar-refractivity contribution in [2.75, 3.05) is 18.1 Å². The molecule has 35 heavy (non-hydrogen) atoms. The average molecular weight is 478 g/mol. The lowest BCUT2D eigenvalue weighted by molar-refractivity contribution is -0.145. The summed E-state index contributed by atoms with van der Waals surface area (Å²) >= 11 is 0. The van der Waals surface area contributed by atoms with Crippen LogP contribution in [0.4, 0.5) is 10.5 Å². The largest absolute Gasteiger partial charge is 0.466 e. The smallest absolute Gasteiger partial charge is 0.315 e. The third-order valence-electron chi connectivity index (χ3n) is 6.99. The van der Waals surface area contributed by atoms with E-state index in [1.165, 1.54) is 0 Å². The van der Waals surface area contributed by atoms with Gasteiger partial charge in [-0.3, -0.25) is 9.59 Å². The number of anilines is 1. The summed E-state index contributed by atoms with van der Waals surface area (Å²) in [6.45, 7) is 5.09. The van der Waals surface area contributed by atoms with Gasteiger partial charge in [-0.25, -0.2) is 4.79 Å². The molecule has 3 amide bonds. The molecule has 0 saturated heterocycles. The Kier molecular flexibility index (Phi) is 7.73. The first-order valence-corrected chi connectivity index (χ1v) is 12.6. The summed E-state index contributed by atoms with van der Waals surface area (Å²) in [5.41, 5.74) is 4.14. The molecule has 1 fully saturated rings. The minimum absolute atomic E-state index is 0.00601. The molecule has 2 aliphatic rings. The van der Waals surface area contributed by atoms with Crippen LogP contribution in [0.3, 0.4) is 0 Å². The van der Waals surface area contributed by atoms with Crippen LogP contribution in [0.25, 0.3) is 0 Å². The number of hydrogen-bond acceptors (Lipinski definition) is 4. The van der Waals surface area contributed by atoms with Crippen LogP contribution in [-0.2, 0) is 22.5 Å². The number of aryl methyl sites for hydroxylation is 1. The summed E-state index contributed by atoms with van der Waals surface area (Å²) in [6, 6.07) is 13.4. The normalized spacial score (nSPS) is 16.3. The molecule has 0 atom stereocenters. The number of carbonyl (C=O) groups excluding carboxylic acids is 3. The topological polar surface area (TPSA) is 87.7 Å². The molecular weight excluding hydrogens is 442 g/mol. The maximum Gasteiger partial charge on any atom is 0.315 e. The summed E-state index contributed by atoms with van der Waals surface area (Å²) in [5, 5.41) is 6.03. The molecule has 0 spiro atoms. The molecule has 0 aromatic heterocycles. The SMILES string of the molecule is CCOC(=O)CC1(NC(=O)NCc2ccc3c(c2)N(C(=O)c2cccc(C)c2)CC3)CCCCC1. The van der Waals surface area contributed by atoms with Crippen LogP contribution in [0.2, 0.25) is 0 Å². The predicted octanol–water partition coefficient (Wildman–Crippen LogP) is 4.65. The Bertz CT molecular complexity index is 1090. The first kappa shape index (κ1) is 24.8. The van der Waals surface area contributed by atoms with Crippen molar-refractivity contribution in [2.24, 2.45) is 0 Å². The van der Waals surface area contributed by atoms with Gasteiger partial charge >= 0.3 is 12.0 Å². The Balaban J connectivity index is 1.40. The van der Waals surface area contributed by atoms with E-state index < -0.39 is 5.54 Å². The highest BCUT2D eigenvalue weighted by Crippen LogP contribution is 2.32.